The normalized spacial score (nSPS) is 12.6. The molecule has 2 aromatic rings. The maximum atomic E-state index is 12.1. The zero-order valence-corrected chi connectivity index (χ0v) is 14.2. The molecule has 1 heterocycles. The first-order valence-corrected chi connectivity index (χ1v) is 8.09. The van der Waals surface area contributed by atoms with Gasteiger partial charge in [-0.3, -0.25) is 9.59 Å². The Kier molecular flexibility index (Phi) is 5.17. The van der Waals surface area contributed by atoms with Gasteiger partial charge >= 0.3 is 5.97 Å². The van der Waals surface area contributed by atoms with Gasteiger partial charge in [-0.1, -0.05) is 6.07 Å². The van der Waals surface area contributed by atoms with Crippen LogP contribution >= 0.6 is 0 Å². The number of fused-ring (bicyclic) bond motifs is 1. The molecule has 0 atom stereocenters. The smallest absolute Gasteiger partial charge is 0.337 e. The average Bonchev–Trinajstić information content (AvgIpc) is 2.67. The highest BCUT2D eigenvalue weighted by atomic mass is 16.5. The number of anilines is 1. The molecule has 26 heavy (non-hydrogen) atoms. The minimum atomic E-state index is -0.441. The third kappa shape index (κ3) is 3.83. The fourth-order valence-corrected chi connectivity index (χ4v) is 2.72. The lowest BCUT2D eigenvalue weighted by molar-refractivity contribution is -0.118. The van der Waals surface area contributed by atoms with Crippen molar-refractivity contribution in [2.75, 3.05) is 25.6 Å². The third-order valence-corrected chi connectivity index (χ3v) is 3.99. The van der Waals surface area contributed by atoms with Crippen molar-refractivity contribution in [2.24, 2.45) is 0 Å². The second-order valence-electron chi connectivity index (χ2n) is 5.69. The molecule has 0 spiro atoms. The number of carbonyl (C=O) groups is 3. The molecule has 0 saturated heterocycles. The first-order chi connectivity index (χ1) is 12.6. The standard InChI is InChI=1S/C19H18N2O5/c1-25-19(24)12-5-7-13(8-6-12)21-17(22)11-26-16-4-2-3-15-14(16)9-10-20-18(15)23/h2-8H,9-11H2,1H3,(H,20,23)(H,21,22). The van der Waals surface area contributed by atoms with Crippen molar-refractivity contribution in [3.8, 4) is 5.75 Å². The van der Waals surface area contributed by atoms with Crippen LogP contribution in [0.4, 0.5) is 5.69 Å². The molecule has 0 bridgehead atoms. The molecule has 2 aromatic carbocycles. The van der Waals surface area contributed by atoms with Gasteiger partial charge in [-0.2, -0.15) is 0 Å². The Bertz CT molecular complexity index is 846. The van der Waals surface area contributed by atoms with Crippen LogP contribution in [0, 0.1) is 0 Å². The third-order valence-electron chi connectivity index (χ3n) is 3.99. The van der Waals surface area contributed by atoms with Gasteiger partial charge in [-0.15, -0.1) is 0 Å². The molecule has 7 heteroatoms. The molecule has 0 aromatic heterocycles. The van der Waals surface area contributed by atoms with E-state index in [0.717, 1.165) is 5.56 Å². The zero-order valence-electron chi connectivity index (χ0n) is 14.2. The molecule has 7 nitrogen and oxygen atoms in total. The van der Waals surface area contributed by atoms with Gasteiger partial charge in [-0.05, 0) is 42.8 Å². The molecule has 0 saturated carbocycles. The average molecular weight is 354 g/mol. The topological polar surface area (TPSA) is 93.7 Å². The van der Waals surface area contributed by atoms with Crippen LogP contribution in [0.25, 0.3) is 0 Å². The van der Waals surface area contributed by atoms with Crippen LogP contribution in [0.15, 0.2) is 42.5 Å². The summed E-state index contributed by atoms with van der Waals surface area (Å²) < 4.78 is 10.2. The summed E-state index contributed by atoms with van der Waals surface area (Å²) in [6.45, 7) is 0.363. The number of nitrogens with one attached hydrogen (secondary N) is 2. The van der Waals surface area contributed by atoms with E-state index in [4.69, 9.17) is 4.74 Å². The van der Waals surface area contributed by atoms with Crippen LogP contribution in [-0.4, -0.2) is 38.0 Å². The second-order valence-corrected chi connectivity index (χ2v) is 5.69. The van der Waals surface area contributed by atoms with Gasteiger partial charge in [0.05, 0.1) is 12.7 Å². The number of methoxy groups -OCH3 is 1. The molecule has 1 aliphatic rings. The maximum absolute atomic E-state index is 12.1. The Morgan fingerprint density at radius 2 is 1.92 bits per heavy atom. The summed E-state index contributed by atoms with van der Waals surface area (Å²) in [4.78, 5) is 35.3. The van der Waals surface area contributed by atoms with E-state index in [1.54, 1.807) is 42.5 Å². The van der Waals surface area contributed by atoms with Gasteiger partial charge in [0.25, 0.3) is 11.8 Å². The van der Waals surface area contributed by atoms with Crippen LogP contribution in [0.1, 0.15) is 26.3 Å². The Morgan fingerprint density at radius 3 is 2.65 bits per heavy atom. The molecule has 0 aliphatic carbocycles. The molecule has 2 N–H and O–H groups in total. The number of ether oxygens (including phenoxy) is 2. The van der Waals surface area contributed by atoms with Crippen molar-refractivity contribution in [1.82, 2.24) is 5.32 Å². The first-order valence-electron chi connectivity index (χ1n) is 8.09. The summed E-state index contributed by atoms with van der Waals surface area (Å²) in [5.74, 6) is -0.377. The fraction of sp³-hybridized carbons (Fsp3) is 0.211. The van der Waals surface area contributed by atoms with Crippen molar-refractivity contribution >= 4 is 23.5 Å². The Morgan fingerprint density at radius 1 is 1.15 bits per heavy atom. The van der Waals surface area contributed by atoms with Crippen molar-refractivity contribution in [3.63, 3.8) is 0 Å². The largest absolute Gasteiger partial charge is 0.483 e. The Hall–Kier alpha value is -3.35. The van der Waals surface area contributed by atoms with E-state index in [9.17, 15) is 14.4 Å². The number of hydrogen-bond donors (Lipinski definition) is 2. The quantitative estimate of drug-likeness (QED) is 0.798. The van der Waals surface area contributed by atoms with Gasteiger partial charge in [0.15, 0.2) is 6.61 Å². The van der Waals surface area contributed by atoms with Crippen molar-refractivity contribution in [2.45, 2.75) is 6.42 Å². The lowest BCUT2D eigenvalue weighted by Crippen LogP contribution is -2.32. The highest BCUT2D eigenvalue weighted by Crippen LogP contribution is 2.25. The first kappa shape index (κ1) is 17.5. The Labute approximate surface area is 150 Å². The molecular formula is C19H18N2O5. The summed E-state index contributed by atoms with van der Waals surface area (Å²) in [5.41, 5.74) is 2.33. The summed E-state index contributed by atoms with van der Waals surface area (Å²) in [6, 6.07) is 11.6. The van der Waals surface area contributed by atoms with Crippen LogP contribution < -0.4 is 15.4 Å². The van der Waals surface area contributed by atoms with Crippen molar-refractivity contribution in [3.05, 3.63) is 59.2 Å². The molecule has 2 amide bonds. The van der Waals surface area contributed by atoms with E-state index in [1.807, 2.05) is 0 Å². The van der Waals surface area contributed by atoms with Gasteiger partial charge in [0, 0.05) is 23.4 Å². The molecule has 0 unspecified atom stereocenters. The van der Waals surface area contributed by atoms with E-state index in [1.165, 1.54) is 7.11 Å². The monoisotopic (exact) mass is 354 g/mol. The van der Waals surface area contributed by atoms with E-state index >= 15 is 0 Å². The van der Waals surface area contributed by atoms with Gasteiger partial charge in [0.2, 0.25) is 0 Å². The van der Waals surface area contributed by atoms with Crippen molar-refractivity contribution < 1.29 is 23.9 Å². The molecule has 0 fully saturated rings. The maximum Gasteiger partial charge on any atom is 0.337 e. The molecular weight excluding hydrogens is 336 g/mol. The number of benzene rings is 2. The van der Waals surface area contributed by atoms with E-state index in [2.05, 4.69) is 15.4 Å². The van der Waals surface area contributed by atoms with Crippen LogP contribution in [0.5, 0.6) is 5.75 Å². The van der Waals surface area contributed by atoms with E-state index in [-0.39, 0.29) is 18.4 Å². The summed E-state index contributed by atoms with van der Waals surface area (Å²) in [7, 11) is 1.31. The van der Waals surface area contributed by atoms with E-state index in [0.29, 0.717) is 35.5 Å². The predicted octanol–water partition coefficient (Wildman–Crippen LogP) is 1.78. The fourth-order valence-electron chi connectivity index (χ4n) is 2.72. The van der Waals surface area contributed by atoms with E-state index < -0.39 is 5.97 Å². The number of esters is 1. The second kappa shape index (κ2) is 7.69. The lowest BCUT2D eigenvalue weighted by atomic mass is 9.99. The number of carbonyl (C=O) groups excluding carboxylic acids is 3. The van der Waals surface area contributed by atoms with Crippen LogP contribution in [0.2, 0.25) is 0 Å². The SMILES string of the molecule is COC(=O)c1ccc(NC(=O)COc2cccc3c2CCNC3=O)cc1. The van der Waals surface area contributed by atoms with Gasteiger partial charge in [-0.25, -0.2) is 4.79 Å². The zero-order chi connectivity index (χ0) is 18.5. The van der Waals surface area contributed by atoms with Gasteiger partial charge in [0.1, 0.15) is 5.75 Å². The number of hydrogen-bond acceptors (Lipinski definition) is 5. The number of amides is 2. The predicted molar refractivity (Wildman–Crippen MR) is 94.4 cm³/mol. The number of rotatable bonds is 5. The molecule has 3 rings (SSSR count). The molecule has 0 radical (unpaired) electrons. The lowest BCUT2D eigenvalue weighted by Gasteiger charge is -2.19. The molecule has 1 aliphatic heterocycles. The minimum absolute atomic E-state index is 0.133. The minimum Gasteiger partial charge on any atom is -0.483 e. The summed E-state index contributed by atoms with van der Waals surface area (Å²) in [6.07, 6.45) is 0.661. The summed E-state index contributed by atoms with van der Waals surface area (Å²) >= 11 is 0. The Balaban J connectivity index is 1.60. The highest BCUT2D eigenvalue weighted by molar-refractivity contribution is 5.97. The van der Waals surface area contributed by atoms with Crippen molar-refractivity contribution in [1.29, 1.82) is 0 Å². The van der Waals surface area contributed by atoms with Gasteiger partial charge < -0.3 is 20.1 Å². The highest BCUT2D eigenvalue weighted by Gasteiger charge is 2.20. The van der Waals surface area contributed by atoms with Crippen LogP contribution in [-0.2, 0) is 16.0 Å². The van der Waals surface area contributed by atoms with Crippen LogP contribution in [0.3, 0.4) is 0 Å². The molecule has 134 valence electrons. The summed E-state index contributed by atoms with van der Waals surface area (Å²) in [5, 5.41) is 5.46.